The molecule has 1 aromatic carbocycles. The number of pyridine rings is 1. The van der Waals surface area contributed by atoms with Gasteiger partial charge in [0.05, 0.1) is 10.4 Å². The second kappa shape index (κ2) is 4.23. The first-order valence-electron chi connectivity index (χ1n) is 5.34. The lowest BCUT2D eigenvalue weighted by molar-refractivity contribution is 1.02. The molecule has 0 aliphatic rings. The van der Waals surface area contributed by atoms with Gasteiger partial charge in [-0.05, 0) is 12.1 Å². The number of aromatic nitrogens is 3. The Balaban J connectivity index is 2.37. The first kappa shape index (κ1) is 10.9. The fourth-order valence-electron chi connectivity index (χ4n) is 1.88. The van der Waals surface area contributed by atoms with Gasteiger partial charge >= 0.3 is 0 Å². The predicted octanol–water partition coefficient (Wildman–Crippen LogP) is 2.64. The summed E-state index contributed by atoms with van der Waals surface area (Å²) in [5, 5.41) is 8.48. The highest BCUT2D eigenvalue weighted by Crippen LogP contribution is 2.24. The summed E-state index contributed by atoms with van der Waals surface area (Å²) in [6.07, 6.45) is 3.22. The Bertz CT molecular complexity index is 782. The summed E-state index contributed by atoms with van der Waals surface area (Å²) in [7, 11) is 0. The van der Waals surface area contributed by atoms with Crippen LogP contribution in [-0.2, 0) is 0 Å². The molecule has 0 fully saturated rings. The van der Waals surface area contributed by atoms with Crippen LogP contribution in [0.2, 0.25) is 5.02 Å². The largest absolute Gasteiger partial charge is 0.272 e. The van der Waals surface area contributed by atoms with Crippen LogP contribution in [-0.4, -0.2) is 15.2 Å². The molecule has 18 heavy (non-hydrogen) atoms. The van der Waals surface area contributed by atoms with Gasteiger partial charge in [-0.2, -0.15) is 5.10 Å². The summed E-state index contributed by atoms with van der Waals surface area (Å²) < 4.78 is 0. The molecule has 5 heteroatoms. The van der Waals surface area contributed by atoms with Crippen molar-refractivity contribution < 1.29 is 0 Å². The number of halogens is 1. The normalized spacial score (nSPS) is 10.7. The fourth-order valence-corrected chi connectivity index (χ4v) is 2.05. The number of hydrogen-bond acceptors (Lipinski definition) is 3. The van der Waals surface area contributed by atoms with Crippen LogP contribution < -0.4 is 5.56 Å². The quantitative estimate of drug-likeness (QED) is 0.729. The van der Waals surface area contributed by atoms with Crippen molar-refractivity contribution in [2.45, 2.75) is 0 Å². The van der Waals surface area contributed by atoms with Gasteiger partial charge < -0.3 is 0 Å². The summed E-state index contributed by atoms with van der Waals surface area (Å²) >= 11 is 5.91. The third-order valence-corrected chi connectivity index (χ3v) is 2.88. The molecule has 0 radical (unpaired) electrons. The number of rotatable bonds is 1. The molecule has 0 saturated carbocycles. The SMILES string of the molecule is O=c1[nH]nc(-c2cncc(Cl)c2)c2ccccc12. The van der Waals surface area contributed by atoms with Crippen molar-refractivity contribution >= 4 is 22.4 Å². The molecule has 0 amide bonds. The maximum atomic E-state index is 11.7. The standard InChI is InChI=1S/C13H8ClN3O/c14-9-5-8(6-15-7-9)12-10-3-1-2-4-11(10)13(18)17-16-12/h1-7H,(H,17,18). The first-order valence-corrected chi connectivity index (χ1v) is 5.72. The molecule has 3 rings (SSSR count). The summed E-state index contributed by atoms with van der Waals surface area (Å²) in [5.41, 5.74) is 1.24. The van der Waals surface area contributed by atoms with E-state index in [2.05, 4.69) is 15.2 Å². The van der Waals surface area contributed by atoms with E-state index in [1.807, 2.05) is 18.2 Å². The maximum absolute atomic E-state index is 11.7. The van der Waals surface area contributed by atoms with Crippen molar-refractivity contribution in [1.82, 2.24) is 15.2 Å². The van der Waals surface area contributed by atoms with Gasteiger partial charge in [-0.3, -0.25) is 9.78 Å². The highest BCUT2D eigenvalue weighted by Gasteiger charge is 2.08. The minimum atomic E-state index is -0.204. The van der Waals surface area contributed by atoms with Gasteiger partial charge in [0.2, 0.25) is 0 Å². The molecule has 2 heterocycles. The lowest BCUT2D eigenvalue weighted by Crippen LogP contribution is -2.09. The molecular formula is C13H8ClN3O. The van der Waals surface area contributed by atoms with E-state index in [1.165, 1.54) is 0 Å². The number of fused-ring (bicyclic) bond motifs is 1. The van der Waals surface area contributed by atoms with Gasteiger partial charge in [-0.15, -0.1) is 0 Å². The number of H-pyrrole nitrogens is 1. The maximum Gasteiger partial charge on any atom is 0.272 e. The van der Waals surface area contributed by atoms with E-state index < -0.39 is 0 Å². The van der Waals surface area contributed by atoms with E-state index in [9.17, 15) is 4.79 Å². The molecule has 88 valence electrons. The van der Waals surface area contributed by atoms with Crippen molar-refractivity contribution in [3.8, 4) is 11.3 Å². The Morgan fingerprint density at radius 1 is 1.11 bits per heavy atom. The average molecular weight is 258 g/mol. The predicted molar refractivity (Wildman–Crippen MR) is 70.6 cm³/mol. The first-order chi connectivity index (χ1) is 8.75. The van der Waals surface area contributed by atoms with Crippen molar-refractivity contribution in [3.05, 3.63) is 58.1 Å². The Kier molecular flexibility index (Phi) is 2.57. The molecule has 0 saturated heterocycles. The molecule has 0 aliphatic heterocycles. The number of aromatic amines is 1. The lowest BCUT2D eigenvalue weighted by Gasteiger charge is -2.04. The van der Waals surface area contributed by atoms with Gasteiger partial charge in [0, 0.05) is 23.3 Å². The van der Waals surface area contributed by atoms with E-state index in [4.69, 9.17) is 11.6 Å². The summed E-state index contributed by atoms with van der Waals surface area (Å²) in [6.45, 7) is 0. The van der Waals surface area contributed by atoms with E-state index in [0.717, 1.165) is 10.9 Å². The summed E-state index contributed by atoms with van der Waals surface area (Å²) in [5.74, 6) is 0. The molecular weight excluding hydrogens is 250 g/mol. The van der Waals surface area contributed by atoms with Gasteiger partial charge in [0.25, 0.3) is 5.56 Å². The van der Waals surface area contributed by atoms with Gasteiger partial charge in [-0.1, -0.05) is 29.8 Å². The third kappa shape index (κ3) is 1.76. The van der Waals surface area contributed by atoms with Gasteiger partial charge in [0.15, 0.2) is 0 Å². The Labute approximate surface area is 107 Å². The summed E-state index contributed by atoms with van der Waals surface area (Å²) in [4.78, 5) is 15.7. The van der Waals surface area contributed by atoms with Crippen LogP contribution in [0.3, 0.4) is 0 Å². The minimum absolute atomic E-state index is 0.204. The van der Waals surface area contributed by atoms with Gasteiger partial charge in [-0.25, -0.2) is 5.10 Å². The molecule has 3 aromatic rings. The molecule has 0 aliphatic carbocycles. The van der Waals surface area contributed by atoms with Crippen LogP contribution in [0.1, 0.15) is 0 Å². The van der Waals surface area contributed by atoms with Gasteiger partial charge in [0.1, 0.15) is 5.69 Å². The minimum Gasteiger partial charge on any atom is -0.267 e. The molecule has 0 bridgehead atoms. The van der Waals surface area contributed by atoms with E-state index in [-0.39, 0.29) is 5.56 Å². The number of nitrogens with one attached hydrogen (secondary N) is 1. The highest BCUT2D eigenvalue weighted by molar-refractivity contribution is 6.30. The average Bonchev–Trinajstić information content (AvgIpc) is 2.39. The number of hydrogen-bond donors (Lipinski definition) is 1. The molecule has 1 N–H and O–H groups in total. The Hall–Kier alpha value is -2.20. The highest BCUT2D eigenvalue weighted by atomic mass is 35.5. The van der Waals surface area contributed by atoms with Crippen LogP contribution in [0.15, 0.2) is 47.5 Å². The van der Waals surface area contributed by atoms with E-state index in [1.54, 1.807) is 24.5 Å². The van der Waals surface area contributed by atoms with Crippen LogP contribution in [0.4, 0.5) is 0 Å². The molecule has 0 atom stereocenters. The molecule has 4 nitrogen and oxygen atoms in total. The monoisotopic (exact) mass is 257 g/mol. The Morgan fingerprint density at radius 3 is 2.67 bits per heavy atom. The smallest absolute Gasteiger partial charge is 0.267 e. The van der Waals surface area contributed by atoms with Crippen molar-refractivity contribution in [1.29, 1.82) is 0 Å². The van der Waals surface area contributed by atoms with Crippen LogP contribution in [0.5, 0.6) is 0 Å². The van der Waals surface area contributed by atoms with Crippen LogP contribution in [0.25, 0.3) is 22.0 Å². The van der Waals surface area contributed by atoms with E-state index >= 15 is 0 Å². The van der Waals surface area contributed by atoms with E-state index in [0.29, 0.717) is 16.1 Å². The molecule has 0 spiro atoms. The second-order valence-electron chi connectivity index (χ2n) is 3.84. The lowest BCUT2D eigenvalue weighted by atomic mass is 10.1. The van der Waals surface area contributed by atoms with Crippen molar-refractivity contribution in [2.24, 2.45) is 0 Å². The van der Waals surface area contributed by atoms with Crippen molar-refractivity contribution in [2.75, 3.05) is 0 Å². The Morgan fingerprint density at radius 2 is 1.89 bits per heavy atom. The third-order valence-electron chi connectivity index (χ3n) is 2.67. The number of benzene rings is 1. The zero-order chi connectivity index (χ0) is 12.5. The topological polar surface area (TPSA) is 58.6 Å². The number of nitrogens with zero attached hydrogens (tertiary/aromatic N) is 2. The molecule has 2 aromatic heterocycles. The zero-order valence-corrected chi connectivity index (χ0v) is 9.98. The molecule has 0 unspecified atom stereocenters. The fraction of sp³-hybridized carbons (Fsp3) is 0. The zero-order valence-electron chi connectivity index (χ0n) is 9.22. The van der Waals surface area contributed by atoms with Crippen molar-refractivity contribution in [3.63, 3.8) is 0 Å². The van der Waals surface area contributed by atoms with Crippen LogP contribution >= 0.6 is 11.6 Å². The second-order valence-corrected chi connectivity index (χ2v) is 4.28. The summed E-state index contributed by atoms with van der Waals surface area (Å²) in [6, 6.07) is 9.06. The van der Waals surface area contributed by atoms with Crippen LogP contribution in [0, 0.1) is 0 Å².